The van der Waals surface area contributed by atoms with Gasteiger partial charge in [-0.15, -0.1) is 0 Å². The molecule has 0 amide bonds. The molecule has 2 aliphatic rings. The molecule has 1 saturated carbocycles. The molecule has 0 aromatic carbocycles. The maximum atomic E-state index is 14.5. The van der Waals surface area contributed by atoms with Crippen LogP contribution in [0.15, 0.2) is 34.1 Å². The second-order valence-corrected chi connectivity index (χ2v) is 15.0. The third-order valence-electron chi connectivity index (χ3n) is 5.81. The van der Waals surface area contributed by atoms with Crippen LogP contribution in [-0.4, -0.2) is 50.3 Å². The molecule has 2 aromatic rings. The van der Waals surface area contributed by atoms with Crippen LogP contribution in [0.3, 0.4) is 0 Å². The predicted octanol–water partition coefficient (Wildman–Crippen LogP) is 4.79. The number of halogens is 3. The van der Waals surface area contributed by atoms with Gasteiger partial charge in [0.25, 0.3) is 0 Å². The Morgan fingerprint density at radius 3 is 1.81 bits per heavy atom. The fourth-order valence-corrected chi connectivity index (χ4v) is 14.5. The molecule has 2 fully saturated rings. The Labute approximate surface area is 177 Å². The summed E-state index contributed by atoms with van der Waals surface area (Å²) in [5.74, 6) is 0.0554. The van der Waals surface area contributed by atoms with Crippen LogP contribution in [0.5, 0.6) is 0 Å². The third kappa shape index (κ3) is 2.44. The van der Waals surface area contributed by atoms with Crippen molar-refractivity contribution in [2.75, 3.05) is 0 Å². The number of rotatable bonds is 2. The Kier molecular flexibility index (Phi) is 4.61. The number of ketones is 1. The molecule has 0 N–H and O–H groups in total. The van der Waals surface area contributed by atoms with Gasteiger partial charge in [0.15, 0.2) is 0 Å². The average Bonchev–Trinajstić information content (AvgIpc) is 3.30. The van der Waals surface area contributed by atoms with E-state index in [1.54, 1.807) is 0 Å². The first-order valence-electron chi connectivity index (χ1n) is 8.49. The molecule has 1 atom stereocenters. The van der Waals surface area contributed by atoms with Crippen molar-refractivity contribution in [2.45, 2.75) is 47.9 Å². The van der Waals surface area contributed by atoms with Crippen molar-refractivity contribution in [2.24, 2.45) is 10.8 Å². The van der Waals surface area contributed by atoms with Gasteiger partial charge in [-0.2, -0.15) is 0 Å². The van der Waals surface area contributed by atoms with Crippen molar-refractivity contribution < 1.29 is 18.0 Å². The zero-order chi connectivity index (χ0) is 19.9. The molecular weight excluding hydrogens is 523 g/mol. The summed E-state index contributed by atoms with van der Waals surface area (Å²) in [5, 5.41) is -1.54. The molecule has 146 valence electrons. The van der Waals surface area contributed by atoms with Gasteiger partial charge in [0, 0.05) is 0 Å². The van der Waals surface area contributed by atoms with Crippen LogP contribution >= 0.6 is 23.5 Å². The van der Waals surface area contributed by atoms with E-state index in [0.29, 0.717) is 0 Å². The van der Waals surface area contributed by atoms with E-state index in [1.807, 2.05) is 61.8 Å². The Hall–Kier alpha value is 0.159. The van der Waals surface area contributed by atoms with Gasteiger partial charge < -0.3 is 0 Å². The maximum absolute atomic E-state index is 14.5. The monoisotopic (exact) mass is 544 g/mol. The van der Waals surface area contributed by atoms with Gasteiger partial charge in [-0.05, 0) is 0 Å². The summed E-state index contributed by atoms with van der Waals surface area (Å²) in [6.45, 7) is 7.29. The minimum absolute atomic E-state index is 0.0554. The SMILES string of the molecule is CC1(C)C(=O)C(C)(C)C12SC(C(F)(F)F)C(c1ccc[se]1)(c1ccc[se]1)S2. The van der Waals surface area contributed by atoms with E-state index < -0.39 is 31.1 Å². The zero-order valence-electron chi connectivity index (χ0n) is 15.2. The van der Waals surface area contributed by atoms with E-state index in [9.17, 15) is 18.0 Å². The van der Waals surface area contributed by atoms with Gasteiger partial charge in [0.1, 0.15) is 0 Å². The fourth-order valence-electron chi connectivity index (χ4n) is 4.66. The van der Waals surface area contributed by atoms with Crippen LogP contribution in [0.2, 0.25) is 0 Å². The van der Waals surface area contributed by atoms with Crippen LogP contribution < -0.4 is 0 Å². The first-order chi connectivity index (χ1) is 12.4. The quantitative estimate of drug-likeness (QED) is 0.509. The summed E-state index contributed by atoms with van der Waals surface area (Å²) in [4.78, 5) is 16.8. The minimum atomic E-state index is -4.34. The van der Waals surface area contributed by atoms with Crippen LogP contribution in [0.4, 0.5) is 13.2 Å². The summed E-state index contributed by atoms with van der Waals surface area (Å²) >= 11 is 2.25. The number of Topliss-reactive ketones (excluding diaryl/α,β-unsaturated/α-hetero) is 1. The van der Waals surface area contributed by atoms with E-state index in [1.165, 1.54) is 11.8 Å². The number of thioether (sulfide) groups is 2. The number of hydrogen-bond donors (Lipinski definition) is 0. The Morgan fingerprint density at radius 1 is 0.963 bits per heavy atom. The Bertz CT molecular complexity index is 817. The van der Waals surface area contributed by atoms with E-state index in [2.05, 4.69) is 0 Å². The first-order valence-corrected chi connectivity index (χ1v) is 13.9. The van der Waals surface area contributed by atoms with Crippen molar-refractivity contribution in [3.63, 3.8) is 0 Å². The molecule has 0 radical (unpaired) electrons. The normalized spacial score (nSPS) is 27.7. The zero-order valence-corrected chi connectivity index (χ0v) is 20.3. The third-order valence-corrected chi connectivity index (χ3v) is 15.8. The standard InChI is InChI=1S/C19H19F3OS2Se2/c1-15(2)13(23)16(3,4)19(15)24-14(18(20,21)22)17(25-19,11-7-5-9-26-11)12-8-6-10-27-12/h5-10,14H,1-4H3. The number of alkyl halides is 3. The van der Waals surface area contributed by atoms with E-state index in [-0.39, 0.29) is 34.8 Å². The molecule has 3 heterocycles. The van der Waals surface area contributed by atoms with Crippen molar-refractivity contribution >= 4 is 58.3 Å². The molecular formula is C19H19F3OS2Se2. The van der Waals surface area contributed by atoms with Gasteiger partial charge in [-0.25, -0.2) is 0 Å². The van der Waals surface area contributed by atoms with Crippen LogP contribution in [-0.2, 0) is 9.54 Å². The molecule has 1 aliphatic carbocycles. The predicted molar refractivity (Wildman–Crippen MR) is 108 cm³/mol. The summed E-state index contributed by atoms with van der Waals surface area (Å²) in [7, 11) is 0. The van der Waals surface area contributed by atoms with Crippen molar-refractivity contribution in [1.29, 1.82) is 0 Å². The Morgan fingerprint density at radius 2 is 1.44 bits per heavy atom. The summed E-state index contributed by atoms with van der Waals surface area (Å²) in [6, 6.07) is 7.56. The van der Waals surface area contributed by atoms with Gasteiger partial charge in [0.05, 0.1) is 0 Å². The second-order valence-electron chi connectivity index (χ2n) is 8.03. The molecule has 1 unspecified atom stereocenters. The summed E-state index contributed by atoms with van der Waals surface area (Å²) in [6.07, 6.45) is -4.34. The molecule has 8 heteroatoms. The molecule has 1 aliphatic heterocycles. The van der Waals surface area contributed by atoms with E-state index >= 15 is 0 Å². The first kappa shape index (κ1) is 20.4. The summed E-state index contributed by atoms with van der Waals surface area (Å²) in [5.41, 5.74) is -1.59. The van der Waals surface area contributed by atoms with Gasteiger partial charge in [-0.1, -0.05) is 0 Å². The molecule has 0 bridgehead atoms. The van der Waals surface area contributed by atoms with E-state index in [0.717, 1.165) is 20.6 Å². The summed E-state index contributed by atoms with van der Waals surface area (Å²) < 4.78 is 43.3. The number of carbonyl (C=O) groups is 1. The van der Waals surface area contributed by atoms with Crippen LogP contribution in [0.1, 0.15) is 36.6 Å². The molecule has 1 nitrogen and oxygen atoms in total. The average molecular weight is 542 g/mol. The van der Waals surface area contributed by atoms with Gasteiger partial charge in [-0.3, -0.25) is 0 Å². The second kappa shape index (κ2) is 6.09. The Balaban J connectivity index is 1.99. The molecule has 27 heavy (non-hydrogen) atoms. The molecule has 4 rings (SSSR count). The van der Waals surface area contributed by atoms with Crippen molar-refractivity contribution in [1.82, 2.24) is 0 Å². The van der Waals surface area contributed by atoms with Gasteiger partial charge >= 0.3 is 178 Å². The van der Waals surface area contributed by atoms with Gasteiger partial charge in [0.2, 0.25) is 0 Å². The molecule has 1 saturated heterocycles. The molecule has 2 aromatic heterocycles. The molecule has 1 spiro atoms. The van der Waals surface area contributed by atoms with E-state index in [4.69, 9.17) is 0 Å². The number of carbonyl (C=O) groups excluding carboxylic acids is 1. The van der Waals surface area contributed by atoms with Crippen LogP contribution in [0.25, 0.3) is 0 Å². The fraction of sp³-hybridized carbons (Fsp3) is 0.526. The van der Waals surface area contributed by atoms with Crippen LogP contribution in [0, 0.1) is 10.8 Å². The topological polar surface area (TPSA) is 17.1 Å². The van der Waals surface area contributed by atoms with Crippen molar-refractivity contribution in [3.8, 4) is 0 Å². The number of hydrogen-bond acceptors (Lipinski definition) is 3. The van der Waals surface area contributed by atoms with Crippen molar-refractivity contribution in [3.05, 3.63) is 43.0 Å².